The molecule has 2 aromatic rings. The van der Waals surface area contributed by atoms with Crippen molar-refractivity contribution >= 4 is 29.1 Å². The van der Waals surface area contributed by atoms with E-state index in [0.717, 1.165) is 25.1 Å². The number of imide groups is 1. The maximum absolute atomic E-state index is 13.0. The van der Waals surface area contributed by atoms with Gasteiger partial charge < -0.3 is 4.90 Å². The summed E-state index contributed by atoms with van der Waals surface area (Å²) in [5.41, 5.74) is 4.01. The Morgan fingerprint density at radius 1 is 1.08 bits per heavy atom. The van der Waals surface area contributed by atoms with Crippen LogP contribution >= 0.6 is 11.6 Å². The van der Waals surface area contributed by atoms with E-state index < -0.39 is 0 Å². The number of nitrogens with zero attached hydrogens (tertiary/aromatic N) is 1. The highest BCUT2D eigenvalue weighted by atomic mass is 35.5. The van der Waals surface area contributed by atoms with Gasteiger partial charge in [-0.2, -0.15) is 0 Å². The topological polar surface area (TPSA) is 41.8 Å². The third kappa shape index (κ3) is 2.75. The fourth-order valence-electron chi connectivity index (χ4n) is 3.94. The molecule has 0 radical (unpaired) electrons. The summed E-state index contributed by atoms with van der Waals surface area (Å²) in [4.78, 5) is 28.1. The highest BCUT2D eigenvalue weighted by molar-refractivity contribution is 6.32. The average Bonchev–Trinajstić information content (AvgIpc) is 2.91. The quantitative estimate of drug-likeness (QED) is 0.836. The number of fused-ring (bicyclic) bond motifs is 1. The Hall–Kier alpha value is -2.17. The lowest BCUT2D eigenvalue weighted by Crippen LogP contribution is -3.16. The number of benzene rings is 2. The molecular weight excluding hydrogens is 336 g/mol. The van der Waals surface area contributed by atoms with E-state index in [1.807, 2.05) is 13.0 Å². The van der Waals surface area contributed by atoms with Crippen LogP contribution in [0.4, 0.5) is 5.69 Å². The van der Waals surface area contributed by atoms with Gasteiger partial charge in [-0.3, -0.25) is 9.59 Å². The lowest BCUT2D eigenvalue weighted by Gasteiger charge is -2.29. The van der Waals surface area contributed by atoms with Crippen LogP contribution in [0.5, 0.6) is 0 Å². The zero-order valence-electron chi connectivity index (χ0n) is 14.1. The molecule has 0 aromatic heterocycles. The molecule has 128 valence electrons. The van der Waals surface area contributed by atoms with Crippen LogP contribution in [-0.2, 0) is 22.6 Å². The Morgan fingerprint density at radius 2 is 1.84 bits per heavy atom. The van der Waals surface area contributed by atoms with Crippen molar-refractivity contribution in [3.8, 4) is 0 Å². The SMILES string of the molecule is Cc1c(Cl)cccc1N1C(=O)C[C@H]([NH+]2CCc3ccccc3C2)C1=O. The Morgan fingerprint density at radius 3 is 2.64 bits per heavy atom. The predicted molar refractivity (Wildman–Crippen MR) is 96.8 cm³/mol. The molecule has 1 saturated heterocycles. The van der Waals surface area contributed by atoms with E-state index in [1.165, 1.54) is 20.9 Å². The molecule has 2 amide bonds. The molecule has 0 saturated carbocycles. The van der Waals surface area contributed by atoms with Gasteiger partial charge in [0.05, 0.1) is 18.7 Å². The van der Waals surface area contributed by atoms with Crippen molar-refractivity contribution in [3.05, 3.63) is 64.2 Å². The minimum atomic E-state index is -0.306. The largest absolute Gasteiger partial charge is 0.320 e. The number of rotatable bonds is 2. The van der Waals surface area contributed by atoms with Gasteiger partial charge in [-0.25, -0.2) is 4.90 Å². The van der Waals surface area contributed by atoms with Crippen LogP contribution < -0.4 is 9.80 Å². The van der Waals surface area contributed by atoms with Gasteiger partial charge >= 0.3 is 0 Å². The number of amides is 2. The smallest absolute Gasteiger partial charge is 0.292 e. The standard InChI is InChI=1S/C20H19ClN2O2/c1-13-16(21)7-4-8-17(13)23-19(24)11-18(20(23)25)22-10-9-14-5-2-3-6-15(14)12-22/h2-8,18H,9-12H2,1H3/p+1/t18-/m0/s1. The van der Waals surface area contributed by atoms with Crippen molar-refractivity contribution in [1.29, 1.82) is 0 Å². The van der Waals surface area contributed by atoms with Gasteiger partial charge in [0.25, 0.3) is 5.91 Å². The van der Waals surface area contributed by atoms with Crippen molar-refractivity contribution in [2.24, 2.45) is 0 Å². The van der Waals surface area contributed by atoms with Crippen LogP contribution in [0, 0.1) is 6.92 Å². The number of halogens is 1. The fourth-order valence-corrected chi connectivity index (χ4v) is 4.11. The summed E-state index contributed by atoms with van der Waals surface area (Å²) < 4.78 is 0. The first-order valence-electron chi connectivity index (χ1n) is 8.59. The molecule has 2 heterocycles. The Labute approximate surface area is 152 Å². The molecule has 0 bridgehead atoms. The predicted octanol–water partition coefficient (Wildman–Crippen LogP) is 1.92. The summed E-state index contributed by atoms with van der Waals surface area (Å²) >= 11 is 6.17. The molecule has 2 atom stereocenters. The number of carbonyl (C=O) groups is 2. The van der Waals surface area contributed by atoms with Gasteiger partial charge in [-0.1, -0.05) is 41.9 Å². The second-order valence-electron chi connectivity index (χ2n) is 6.81. The molecule has 5 heteroatoms. The van der Waals surface area contributed by atoms with E-state index in [1.54, 1.807) is 18.2 Å². The molecule has 0 aliphatic carbocycles. The monoisotopic (exact) mass is 355 g/mol. The van der Waals surface area contributed by atoms with Gasteiger partial charge in [0, 0.05) is 17.0 Å². The summed E-state index contributed by atoms with van der Waals surface area (Å²) in [6, 6.07) is 13.4. The minimum Gasteiger partial charge on any atom is -0.320 e. The van der Waals surface area contributed by atoms with Crippen molar-refractivity contribution in [2.45, 2.75) is 32.4 Å². The highest BCUT2D eigenvalue weighted by Gasteiger charge is 2.46. The van der Waals surface area contributed by atoms with E-state index in [4.69, 9.17) is 11.6 Å². The van der Waals surface area contributed by atoms with Crippen molar-refractivity contribution < 1.29 is 14.5 Å². The van der Waals surface area contributed by atoms with Crippen molar-refractivity contribution in [3.63, 3.8) is 0 Å². The molecule has 1 fully saturated rings. The first-order valence-corrected chi connectivity index (χ1v) is 8.97. The Kier molecular flexibility index (Phi) is 4.10. The van der Waals surface area contributed by atoms with Crippen LogP contribution in [0.1, 0.15) is 23.1 Å². The van der Waals surface area contributed by atoms with Crippen LogP contribution in [-0.4, -0.2) is 24.4 Å². The van der Waals surface area contributed by atoms with E-state index in [-0.39, 0.29) is 24.3 Å². The lowest BCUT2D eigenvalue weighted by molar-refractivity contribution is -0.930. The molecule has 0 spiro atoms. The fraction of sp³-hybridized carbons (Fsp3) is 0.300. The number of anilines is 1. The zero-order chi connectivity index (χ0) is 17.6. The summed E-state index contributed by atoms with van der Waals surface area (Å²) in [6.07, 6.45) is 1.21. The van der Waals surface area contributed by atoms with Crippen LogP contribution in [0.15, 0.2) is 42.5 Å². The molecule has 4 nitrogen and oxygen atoms in total. The lowest BCUT2D eigenvalue weighted by atomic mass is 9.98. The first kappa shape index (κ1) is 16.3. The summed E-state index contributed by atoms with van der Waals surface area (Å²) in [5, 5.41) is 0.570. The van der Waals surface area contributed by atoms with E-state index >= 15 is 0 Å². The molecule has 4 rings (SSSR count). The average molecular weight is 356 g/mol. The summed E-state index contributed by atoms with van der Waals surface area (Å²) in [7, 11) is 0. The molecule has 2 aromatic carbocycles. The second-order valence-corrected chi connectivity index (χ2v) is 7.22. The Bertz CT molecular complexity index is 865. The third-order valence-corrected chi connectivity index (χ3v) is 5.78. The zero-order valence-corrected chi connectivity index (χ0v) is 14.8. The van der Waals surface area contributed by atoms with Crippen LogP contribution in [0.25, 0.3) is 0 Å². The van der Waals surface area contributed by atoms with Crippen LogP contribution in [0.2, 0.25) is 5.02 Å². The van der Waals surface area contributed by atoms with Gasteiger partial charge in [0.1, 0.15) is 6.54 Å². The van der Waals surface area contributed by atoms with Crippen molar-refractivity contribution in [1.82, 2.24) is 0 Å². The molecular formula is C20H20ClN2O2+. The second kappa shape index (κ2) is 6.28. The number of carbonyl (C=O) groups excluding carboxylic acids is 2. The van der Waals surface area contributed by atoms with Gasteiger partial charge in [0.15, 0.2) is 6.04 Å². The van der Waals surface area contributed by atoms with E-state index in [9.17, 15) is 9.59 Å². The summed E-state index contributed by atoms with van der Waals surface area (Å²) in [6.45, 7) is 3.51. The van der Waals surface area contributed by atoms with Crippen molar-refractivity contribution in [2.75, 3.05) is 11.4 Å². The molecule has 1 N–H and O–H groups in total. The molecule has 25 heavy (non-hydrogen) atoms. The van der Waals surface area contributed by atoms with Gasteiger partial charge in [0.2, 0.25) is 5.91 Å². The number of hydrogen-bond acceptors (Lipinski definition) is 2. The maximum Gasteiger partial charge on any atom is 0.292 e. The number of nitrogens with one attached hydrogen (secondary N) is 1. The number of quaternary nitrogens is 1. The molecule has 1 unspecified atom stereocenters. The van der Waals surface area contributed by atoms with Gasteiger partial charge in [-0.15, -0.1) is 0 Å². The number of hydrogen-bond donors (Lipinski definition) is 1. The van der Waals surface area contributed by atoms with E-state index in [2.05, 4.69) is 18.2 Å². The molecule has 2 aliphatic rings. The normalized spacial score (nSPS) is 23.0. The maximum atomic E-state index is 13.0. The molecule has 2 aliphatic heterocycles. The van der Waals surface area contributed by atoms with Crippen LogP contribution in [0.3, 0.4) is 0 Å². The minimum absolute atomic E-state index is 0.107. The third-order valence-electron chi connectivity index (χ3n) is 5.37. The highest BCUT2D eigenvalue weighted by Crippen LogP contribution is 2.30. The Balaban J connectivity index is 1.61. The van der Waals surface area contributed by atoms with E-state index in [0.29, 0.717) is 10.7 Å². The first-order chi connectivity index (χ1) is 12.1. The van der Waals surface area contributed by atoms with Gasteiger partial charge in [-0.05, 0) is 30.2 Å². The summed E-state index contributed by atoms with van der Waals surface area (Å²) in [5.74, 6) is -0.239.